The maximum absolute atomic E-state index is 5.85. The van der Waals surface area contributed by atoms with Crippen LogP contribution in [0.3, 0.4) is 0 Å². The van der Waals surface area contributed by atoms with Gasteiger partial charge in [0.1, 0.15) is 0 Å². The molecule has 0 unspecified atom stereocenters. The van der Waals surface area contributed by atoms with Crippen molar-refractivity contribution in [3.8, 4) is 0 Å². The van der Waals surface area contributed by atoms with Crippen LogP contribution in [0.5, 0.6) is 0 Å². The van der Waals surface area contributed by atoms with Crippen molar-refractivity contribution < 1.29 is 4.74 Å². The summed E-state index contributed by atoms with van der Waals surface area (Å²) in [6.45, 7) is 7.74. The summed E-state index contributed by atoms with van der Waals surface area (Å²) < 4.78 is 5.85. The second-order valence-corrected chi connectivity index (χ2v) is 5.65. The Bertz CT molecular complexity index is 145. The van der Waals surface area contributed by atoms with Gasteiger partial charge in [-0.05, 0) is 19.8 Å². The van der Waals surface area contributed by atoms with Crippen molar-refractivity contribution in [2.24, 2.45) is 0 Å². The van der Waals surface area contributed by atoms with Crippen LogP contribution in [0.2, 0.25) is 0 Å². The maximum atomic E-state index is 5.85. The van der Waals surface area contributed by atoms with E-state index >= 15 is 0 Å². The number of unbranched alkanes of at least 4 members (excludes halogenated alkanes) is 9. The summed E-state index contributed by atoms with van der Waals surface area (Å²) in [4.78, 5) is 0. The fraction of sp³-hybridized carbons (Fsp3) is 1.00. The van der Waals surface area contributed by atoms with Gasteiger partial charge in [-0.2, -0.15) is 0 Å². The summed E-state index contributed by atoms with van der Waals surface area (Å²) in [7, 11) is 0. The largest absolute Gasteiger partial charge is 0.379 e. The highest BCUT2D eigenvalue weighted by molar-refractivity contribution is 4.52. The molecule has 1 atom stereocenters. The normalized spacial score (nSPS) is 12.8. The number of rotatable bonds is 14. The molecule has 0 amide bonds. The molecule has 0 bridgehead atoms. The van der Waals surface area contributed by atoms with Crippen LogP contribution >= 0.6 is 0 Å². The van der Waals surface area contributed by atoms with Gasteiger partial charge in [-0.3, -0.25) is 0 Å². The van der Waals surface area contributed by atoms with Gasteiger partial charge in [-0.15, -0.1) is 0 Å². The van der Waals surface area contributed by atoms with Crippen LogP contribution in [0, 0.1) is 0 Å². The third kappa shape index (κ3) is 14.0. The fourth-order valence-electron chi connectivity index (χ4n) is 2.29. The molecule has 0 saturated heterocycles. The van der Waals surface area contributed by atoms with Gasteiger partial charge in [0, 0.05) is 6.61 Å². The maximum Gasteiger partial charge on any atom is 0.0547 e. The molecule has 1 heteroatoms. The topological polar surface area (TPSA) is 9.23 Å². The molecule has 0 aliphatic carbocycles. The summed E-state index contributed by atoms with van der Waals surface area (Å²) in [5, 5.41) is 0. The van der Waals surface area contributed by atoms with Crippen molar-refractivity contribution in [1.82, 2.24) is 0 Å². The van der Waals surface area contributed by atoms with Gasteiger partial charge in [0.15, 0.2) is 0 Å². The number of ether oxygens (including phenoxy) is 1. The molecule has 0 aromatic heterocycles. The van der Waals surface area contributed by atoms with Crippen LogP contribution in [-0.4, -0.2) is 12.7 Å². The molecular weight excluding hydrogens is 220 g/mol. The highest BCUT2D eigenvalue weighted by atomic mass is 16.5. The number of hydrogen-bond acceptors (Lipinski definition) is 1. The van der Waals surface area contributed by atoms with Crippen LogP contribution in [-0.2, 0) is 4.74 Å². The van der Waals surface area contributed by atoms with Gasteiger partial charge < -0.3 is 4.74 Å². The van der Waals surface area contributed by atoms with Crippen molar-refractivity contribution in [2.45, 2.75) is 104 Å². The van der Waals surface area contributed by atoms with E-state index in [4.69, 9.17) is 4.74 Å². The van der Waals surface area contributed by atoms with E-state index in [1.54, 1.807) is 0 Å². The summed E-state index contributed by atoms with van der Waals surface area (Å²) >= 11 is 0. The summed E-state index contributed by atoms with van der Waals surface area (Å²) in [5.41, 5.74) is 0. The van der Waals surface area contributed by atoms with Crippen molar-refractivity contribution >= 4 is 0 Å². The third-order valence-corrected chi connectivity index (χ3v) is 3.61. The average Bonchev–Trinajstić information content (AvgIpc) is 2.38. The molecule has 0 N–H and O–H groups in total. The molecular formula is C17H36O. The zero-order valence-corrected chi connectivity index (χ0v) is 13.2. The van der Waals surface area contributed by atoms with E-state index in [1.807, 2.05) is 0 Å². The molecule has 0 saturated carbocycles. The highest BCUT2D eigenvalue weighted by Gasteiger charge is 2.01. The molecule has 0 aliphatic rings. The lowest BCUT2D eigenvalue weighted by atomic mass is 10.1. The van der Waals surface area contributed by atoms with Crippen LogP contribution in [0.1, 0.15) is 97.8 Å². The first-order valence-corrected chi connectivity index (χ1v) is 8.42. The molecule has 110 valence electrons. The Hall–Kier alpha value is -0.0400. The molecule has 0 heterocycles. The minimum absolute atomic E-state index is 0.474. The summed E-state index contributed by atoms with van der Waals surface area (Å²) in [6.07, 6.45) is 16.7. The van der Waals surface area contributed by atoms with E-state index in [-0.39, 0.29) is 0 Å². The first kappa shape index (κ1) is 18.0. The Morgan fingerprint density at radius 2 is 1.17 bits per heavy atom. The molecule has 0 fully saturated rings. The molecule has 0 radical (unpaired) electrons. The van der Waals surface area contributed by atoms with Crippen LogP contribution in [0.4, 0.5) is 0 Å². The van der Waals surface area contributed by atoms with Gasteiger partial charge in [-0.25, -0.2) is 0 Å². The molecule has 0 aromatic carbocycles. The van der Waals surface area contributed by atoms with Gasteiger partial charge in [0.25, 0.3) is 0 Å². The van der Waals surface area contributed by atoms with Crippen molar-refractivity contribution in [3.63, 3.8) is 0 Å². The van der Waals surface area contributed by atoms with E-state index in [0.717, 1.165) is 6.61 Å². The van der Waals surface area contributed by atoms with Crippen molar-refractivity contribution in [2.75, 3.05) is 6.61 Å². The van der Waals surface area contributed by atoms with Gasteiger partial charge >= 0.3 is 0 Å². The standard InChI is InChI=1S/C17H36O/c1-4-6-8-10-11-12-14-16-18-17(3)15-13-9-7-5-2/h17H,4-16H2,1-3H3/t17-/m1/s1. The van der Waals surface area contributed by atoms with E-state index in [0.29, 0.717) is 6.10 Å². The lowest BCUT2D eigenvalue weighted by Gasteiger charge is -2.12. The van der Waals surface area contributed by atoms with Crippen molar-refractivity contribution in [3.05, 3.63) is 0 Å². The Kier molecular flexibility index (Phi) is 15.0. The van der Waals surface area contributed by atoms with E-state index in [1.165, 1.54) is 77.0 Å². The van der Waals surface area contributed by atoms with Gasteiger partial charge in [0.05, 0.1) is 6.10 Å². The molecule has 18 heavy (non-hydrogen) atoms. The minimum Gasteiger partial charge on any atom is -0.379 e. The molecule has 0 aromatic rings. The zero-order valence-electron chi connectivity index (χ0n) is 13.2. The fourth-order valence-corrected chi connectivity index (χ4v) is 2.29. The smallest absolute Gasteiger partial charge is 0.0547 e. The quantitative estimate of drug-likeness (QED) is 0.341. The second-order valence-electron chi connectivity index (χ2n) is 5.65. The van der Waals surface area contributed by atoms with Gasteiger partial charge in [0.2, 0.25) is 0 Å². The van der Waals surface area contributed by atoms with Crippen LogP contribution in [0.25, 0.3) is 0 Å². The highest BCUT2D eigenvalue weighted by Crippen LogP contribution is 2.10. The van der Waals surface area contributed by atoms with Gasteiger partial charge in [-0.1, -0.05) is 78.1 Å². The third-order valence-electron chi connectivity index (χ3n) is 3.61. The predicted molar refractivity (Wildman–Crippen MR) is 82.2 cm³/mol. The monoisotopic (exact) mass is 256 g/mol. The first-order valence-electron chi connectivity index (χ1n) is 8.42. The lowest BCUT2D eigenvalue weighted by Crippen LogP contribution is -2.09. The number of hydrogen-bond donors (Lipinski definition) is 0. The van der Waals surface area contributed by atoms with E-state index in [2.05, 4.69) is 20.8 Å². The first-order chi connectivity index (χ1) is 8.81. The Balaban J connectivity index is 3.08. The van der Waals surface area contributed by atoms with E-state index < -0.39 is 0 Å². The lowest BCUT2D eigenvalue weighted by molar-refractivity contribution is 0.0557. The summed E-state index contributed by atoms with van der Waals surface area (Å²) in [5.74, 6) is 0. The predicted octanol–water partition coefficient (Wildman–Crippen LogP) is 6.11. The zero-order chi connectivity index (χ0) is 13.5. The van der Waals surface area contributed by atoms with E-state index in [9.17, 15) is 0 Å². The van der Waals surface area contributed by atoms with Crippen LogP contribution < -0.4 is 0 Å². The summed E-state index contributed by atoms with van der Waals surface area (Å²) in [6, 6.07) is 0. The SMILES string of the molecule is CCCCCCCCCO[C@H](C)CCCCCC. The molecule has 0 spiro atoms. The minimum atomic E-state index is 0.474. The molecule has 1 nitrogen and oxygen atoms in total. The second kappa shape index (κ2) is 15.0. The molecule has 0 rings (SSSR count). The Morgan fingerprint density at radius 3 is 1.78 bits per heavy atom. The van der Waals surface area contributed by atoms with Crippen molar-refractivity contribution in [1.29, 1.82) is 0 Å². The molecule has 0 aliphatic heterocycles. The average molecular weight is 256 g/mol. The Morgan fingerprint density at radius 1 is 0.667 bits per heavy atom. The van der Waals surface area contributed by atoms with Crippen LogP contribution in [0.15, 0.2) is 0 Å². The Labute approximate surface area is 116 Å².